The molecular weight excluding hydrogens is 253 g/mol. The molecule has 1 aromatic rings. The SMILES string of the molecule is CCC(N)(CCCSc1ccccc1F)C(=O)O. The fraction of sp³-hybridized carbons (Fsp3) is 0.462. The van der Waals surface area contributed by atoms with E-state index in [4.69, 9.17) is 10.8 Å². The largest absolute Gasteiger partial charge is 0.480 e. The van der Waals surface area contributed by atoms with Crippen LogP contribution in [0.3, 0.4) is 0 Å². The maximum Gasteiger partial charge on any atom is 0.323 e. The van der Waals surface area contributed by atoms with E-state index in [2.05, 4.69) is 0 Å². The van der Waals surface area contributed by atoms with Crippen LogP contribution >= 0.6 is 11.8 Å². The van der Waals surface area contributed by atoms with Crippen LogP contribution < -0.4 is 5.73 Å². The van der Waals surface area contributed by atoms with Crippen LogP contribution in [0.15, 0.2) is 29.2 Å². The van der Waals surface area contributed by atoms with Crippen molar-refractivity contribution in [3.05, 3.63) is 30.1 Å². The van der Waals surface area contributed by atoms with Crippen molar-refractivity contribution >= 4 is 17.7 Å². The monoisotopic (exact) mass is 271 g/mol. The van der Waals surface area contributed by atoms with Crippen molar-refractivity contribution < 1.29 is 14.3 Å². The molecule has 1 atom stereocenters. The maximum atomic E-state index is 13.3. The van der Waals surface area contributed by atoms with Gasteiger partial charge in [0.15, 0.2) is 0 Å². The van der Waals surface area contributed by atoms with Crippen molar-refractivity contribution in [2.24, 2.45) is 5.73 Å². The van der Waals surface area contributed by atoms with Gasteiger partial charge in [0.25, 0.3) is 0 Å². The van der Waals surface area contributed by atoms with E-state index in [-0.39, 0.29) is 5.82 Å². The van der Waals surface area contributed by atoms with Crippen LogP contribution in [0.25, 0.3) is 0 Å². The zero-order valence-corrected chi connectivity index (χ0v) is 11.2. The average Bonchev–Trinajstić information content (AvgIpc) is 2.36. The molecule has 0 amide bonds. The Morgan fingerprint density at radius 1 is 1.50 bits per heavy atom. The number of thioether (sulfide) groups is 1. The molecule has 0 radical (unpaired) electrons. The number of nitrogens with two attached hydrogens (primary N) is 1. The van der Waals surface area contributed by atoms with Crippen LogP contribution in [0, 0.1) is 5.82 Å². The summed E-state index contributed by atoms with van der Waals surface area (Å²) in [4.78, 5) is 11.6. The Kier molecular flexibility index (Phi) is 5.62. The van der Waals surface area contributed by atoms with Gasteiger partial charge in [0.1, 0.15) is 11.4 Å². The zero-order valence-electron chi connectivity index (χ0n) is 10.4. The van der Waals surface area contributed by atoms with Crippen LogP contribution in [0.2, 0.25) is 0 Å². The fourth-order valence-corrected chi connectivity index (χ4v) is 2.46. The second-order valence-electron chi connectivity index (χ2n) is 4.20. The highest BCUT2D eigenvalue weighted by Crippen LogP contribution is 2.24. The highest BCUT2D eigenvalue weighted by molar-refractivity contribution is 7.99. The van der Waals surface area contributed by atoms with E-state index in [0.29, 0.717) is 29.9 Å². The van der Waals surface area contributed by atoms with Gasteiger partial charge in [-0.05, 0) is 37.1 Å². The third kappa shape index (κ3) is 3.99. The van der Waals surface area contributed by atoms with Crippen LogP contribution in [-0.2, 0) is 4.79 Å². The summed E-state index contributed by atoms with van der Waals surface area (Å²) < 4.78 is 13.3. The molecule has 0 bridgehead atoms. The summed E-state index contributed by atoms with van der Waals surface area (Å²) in [5.41, 5.74) is 4.61. The summed E-state index contributed by atoms with van der Waals surface area (Å²) in [7, 11) is 0. The zero-order chi connectivity index (χ0) is 13.6. The third-order valence-corrected chi connectivity index (χ3v) is 4.05. The number of hydrogen-bond acceptors (Lipinski definition) is 3. The first kappa shape index (κ1) is 15.0. The van der Waals surface area contributed by atoms with E-state index in [1.165, 1.54) is 17.8 Å². The van der Waals surface area contributed by atoms with Crippen molar-refractivity contribution in [2.45, 2.75) is 36.6 Å². The van der Waals surface area contributed by atoms with E-state index in [1.807, 2.05) is 0 Å². The maximum absolute atomic E-state index is 13.3. The molecule has 0 heterocycles. The Bertz CT molecular complexity index is 414. The van der Waals surface area contributed by atoms with Gasteiger partial charge in [-0.25, -0.2) is 4.39 Å². The van der Waals surface area contributed by atoms with E-state index >= 15 is 0 Å². The van der Waals surface area contributed by atoms with Gasteiger partial charge in [-0.3, -0.25) is 4.79 Å². The van der Waals surface area contributed by atoms with Crippen molar-refractivity contribution in [1.29, 1.82) is 0 Å². The van der Waals surface area contributed by atoms with Crippen molar-refractivity contribution in [3.63, 3.8) is 0 Å². The molecule has 0 saturated carbocycles. The van der Waals surface area contributed by atoms with Gasteiger partial charge in [-0.15, -0.1) is 11.8 Å². The topological polar surface area (TPSA) is 63.3 Å². The Morgan fingerprint density at radius 3 is 2.72 bits per heavy atom. The van der Waals surface area contributed by atoms with Crippen LogP contribution in [0.4, 0.5) is 4.39 Å². The van der Waals surface area contributed by atoms with Gasteiger partial charge < -0.3 is 10.8 Å². The van der Waals surface area contributed by atoms with Crippen LogP contribution in [0.5, 0.6) is 0 Å². The molecule has 3 nitrogen and oxygen atoms in total. The average molecular weight is 271 g/mol. The number of carboxylic acid groups (broad SMARTS) is 1. The molecule has 1 rings (SSSR count). The van der Waals surface area contributed by atoms with E-state index in [9.17, 15) is 9.18 Å². The predicted molar refractivity (Wildman–Crippen MR) is 71.2 cm³/mol. The van der Waals surface area contributed by atoms with Gasteiger partial charge in [-0.1, -0.05) is 19.1 Å². The fourth-order valence-electron chi connectivity index (χ4n) is 1.57. The van der Waals surface area contributed by atoms with Crippen molar-refractivity contribution in [3.8, 4) is 0 Å². The molecule has 0 saturated heterocycles. The predicted octanol–water partition coefficient (Wildman–Crippen LogP) is 2.89. The van der Waals surface area contributed by atoms with E-state index in [0.717, 1.165) is 0 Å². The first-order valence-corrected chi connectivity index (χ1v) is 6.88. The summed E-state index contributed by atoms with van der Waals surface area (Å²) in [5, 5.41) is 9.00. The van der Waals surface area contributed by atoms with Gasteiger partial charge in [0.05, 0.1) is 0 Å². The van der Waals surface area contributed by atoms with Gasteiger partial charge in [0, 0.05) is 4.90 Å². The van der Waals surface area contributed by atoms with Crippen molar-refractivity contribution in [1.82, 2.24) is 0 Å². The summed E-state index contributed by atoms with van der Waals surface area (Å²) in [6.07, 6.45) is 1.45. The lowest BCUT2D eigenvalue weighted by Gasteiger charge is -2.22. The Labute approximate surface area is 111 Å². The minimum absolute atomic E-state index is 0.241. The summed E-state index contributed by atoms with van der Waals surface area (Å²) in [6.45, 7) is 1.76. The number of benzene rings is 1. The standard InChI is InChI=1S/C13H18FNO2S/c1-2-13(15,12(16)17)8-5-9-18-11-7-4-3-6-10(11)14/h3-4,6-7H,2,5,8-9,15H2,1H3,(H,16,17). The summed E-state index contributed by atoms with van der Waals surface area (Å²) in [6, 6.07) is 6.55. The number of aliphatic carboxylic acids is 1. The second kappa shape index (κ2) is 6.75. The van der Waals surface area contributed by atoms with Gasteiger partial charge in [0.2, 0.25) is 0 Å². The molecule has 3 N–H and O–H groups in total. The molecule has 1 unspecified atom stereocenters. The smallest absolute Gasteiger partial charge is 0.323 e. The Balaban J connectivity index is 2.39. The van der Waals surface area contributed by atoms with E-state index < -0.39 is 11.5 Å². The molecule has 0 fully saturated rings. The van der Waals surface area contributed by atoms with Gasteiger partial charge >= 0.3 is 5.97 Å². The molecule has 0 aromatic heterocycles. The molecule has 0 aliphatic rings. The molecular formula is C13H18FNO2S. The number of halogens is 1. The van der Waals surface area contributed by atoms with Crippen LogP contribution in [0.1, 0.15) is 26.2 Å². The lowest BCUT2D eigenvalue weighted by Crippen LogP contribution is -2.47. The van der Waals surface area contributed by atoms with Crippen molar-refractivity contribution in [2.75, 3.05) is 5.75 Å². The molecule has 18 heavy (non-hydrogen) atoms. The molecule has 1 aromatic carbocycles. The third-order valence-electron chi connectivity index (χ3n) is 2.92. The molecule has 5 heteroatoms. The Morgan fingerprint density at radius 2 is 2.17 bits per heavy atom. The summed E-state index contributed by atoms with van der Waals surface area (Å²) in [5.74, 6) is -0.552. The van der Waals surface area contributed by atoms with E-state index in [1.54, 1.807) is 25.1 Å². The number of carboxylic acids is 1. The normalized spacial score (nSPS) is 14.2. The molecule has 100 valence electrons. The quantitative estimate of drug-likeness (QED) is 0.591. The first-order valence-electron chi connectivity index (χ1n) is 5.89. The molecule has 0 aliphatic carbocycles. The minimum atomic E-state index is -1.16. The minimum Gasteiger partial charge on any atom is -0.480 e. The number of rotatable bonds is 7. The highest BCUT2D eigenvalue weighted by atomic mass is 32.2. The molecule has 0 aliphatic heterocycles. The first-order chi connectivity index (χ1) is 8.49. The lowest BCUT2D eigenvalue weighted by atomic mass is 9.92. The van der Waals surface area contributed by atoms with Crippen LogP contribution in [-0.4, -0.2) is 22.4 Å². The summed E-state index contributed by atoms with van der Waals surface area (Å²) >= 11 is 1.39. The number of carbonyl (C=O) groups is 1. The second-order valence-corrected chi connectivity index (χ2v) is 5.33. The van der Waals surface area contributed by atoms with Gasteiger partial charge in [-0.2, -0.15) is 0 Å². The lowest BCUT2D eigenvalue weighted by molar-refractivity contribution is -0.143. The Hall–Kier alpha value is -1.07. The highest BCUT2D eigenvalue weighted by Gasteiger charge is 2.30. The molecule has 0 spiro atoms. The number of hydrogen-bond donors (Lipinski definition) is 2.